The maximum Gasteiger partial charge on any atom is 0.257 e. The molecule has 2 saturated carbocycles. The van der Waals surface area contributed by atoms with Crippen LogP contribution in [0, 0.1) is 10.8 Å². The highest BCUT2D eigenvalue weighted by atomic mass is 32.2. The molecule has 2 spiro atoms. The molecule has 2 saturated heterocycles. The Kier molecular flexibility index (Phi) is 14.2. The lowest BCUT2D eigenvalue weighted by molar-refractivity contribution is 0.101. The third-order valence-electron chi connectivity index (χ3n) is 13.9. The number of sulfonamides is 2. The second-order valence-electron chi connectivity index (χ2n) is 21.7. The van der Waals surface area contributed by atoms with E-state index in [1.807, 2.05) is 12.1 Å². The van der Waals surface area contributed by atoms with Gasteiger partial charge in [0.25, 0.3) is 11.8 Å². The van der Waals surface area contributed by atoms with Gasteiger partial charge in [-0.1, -0.05) is 18.2 Å². The monoisotopic (exact) mass is 1040 g/mol. The van der Waals surface area contributed by atoms with Crippen LogP contribution in [-0.4, -0.2) is 82.7 Å². The lowest BCUT2D eigenvalue weighted by Crippen LogP contribution is -2.40. The van der Waals surface area contributed by atoms with Gasteiger partial charge in [-0.2, -0.15) is 0 Å². The molecule has 70 heavy (non-hydrogen) atoms. The van der Waals surface area contributed by atoms with E-state index in [0.717, 1.165) is 24.8 Å². The molecule has 1 atom stereocenters. The molecular formula is C50H64N6O10S4. The summed E-state index contributed by atoms with van der Waals surface area (Å²) in [5.41, 5.74) is 2.95. The topological polar surface area (TPSA) is 225 Å². The molecule has 4 N–H and O–H groups in total. The summed E-state index contributed by atoms with van der Waals surface area (Å²) in [6.07, 6.45) is 6.36. The van der Waals surface area contributed by atoms with Crippen molar-refractivity contribution in [2.75, 3.05) is 46.6 Å². The maximum absolute atomic E-state index is 14.6. The number of hydrogen-bond donors (Lipinski definition) is 6. The predicted octanol–water partition coefficient (Wildman–Crippen LogP) is 6.72. The molecule has 16 nitrogen and oxygen atoms in total. The van der Waals surface area contributed by atoms with E-state index in [4.69, 9.17) is 0 Å². The third kappa shape index (κ3) is 12.1. The van der Waals surface area contributed by atoms with Gasteiger partial charge in [0.1, 0.15) is 21.4 Å². The van der Waals surface area contributed by atoms with Crippen molar-refractivity contribution in [3.63, 3.8) is 0 Å². The Labute approximate surface area is 415 Å². The van der Waals surface area contributed by atoms with Crippen LogP contribution in [0.5, 0.6) is 0 Å². The number of rotatable bonds is 15. The van der Waals surface area contributed by atoms with Crippen LogP contribution in [0.1, 0.15) is 130 Å². The first-order valence-electron chi connectivity index (χ1n) is 23.7. The molecule has 1 unspecified atom stereocenters. The maximum atomic E-state index is 14.6. The number of benzene rings is 4. The van der Waals surface area contributed by atoms with Crippen molar-refractivity contribution in [1.29, 1.82) is 0 Å². The second kappa shape index (κ2) is 19.3. The largest absolute Gasteiger partial charge is 0.371 e. The molecule has 0 bridgehead atoms. The fourth-order valence-electron chi connectivity index (χ4n) is 10.2. The minimum absolute atomic E-state index is 0.000325. The summed E-state index contributed by atoms with van der Waals surface area (Å²) >= 11 is 0. The fourth-order valence-corrected chi connectivity index (χ4v) is 14.2. The van der Waals surface area contributed by atoms with Crippen LogP contribution in [0.25, 0.3) is 0 Å². The molecular weight excluding hydrogens is 973 g/mol. The molecule has 0 aromatic heterocycles. The summed E-state index contributed by atoms with van der Waals surface area (Å²) in [7, 11) is -13.4. The molecule has 4 aromatic carbocycles. The van der Waals surface area contributed by atoms with Crippen molar-refractivity contribution in [3.8, 4) is 0 Å². The third-order valence-corrected chi connectivity index (χ3v) is 18.6. The van der Waals surface area contributed by atoms with Gasteiger partial charge in [0.15, 0.2) is 0 Å². The Bertz CT molecular complexity index is 3080. The number of nitrogens with one attached hydrogen (secondary N) is 4. The summed E-state index contributed by atoms with van der Waals surface area (Å²) in [5, 5.41) is 5.80. The van der Waals surface area contributed by atoms with E-state index in [1.165, 1.54) is 43.2 Å². The van der Waals surface area contributed by atoms with Crippen LogP contribution >= 0.6 is 0 Å². The lowest BCUT2D eigenvalue weighted by Gasteiger charge is -2.36. The van der Waals surface area contributed by atoms with Crippen molar-refractivity contribution >= 4 is 76.0 Å². The predicted molar refractivity (Wildman–Crippen MR) is 274 cm³/mol. The van der Waals surface area contributed by atoms with Crippen molar-refractivity contribution in [1.82, 2.24) is 9.44 Å². The fraction of sp³-hybridized carbons (Fsp3) is 0.480. The normalized spacial score (nSPS) is 18.9. The molecule has 0 radical (unpaired) electrons. The molecule has 4 fully saturated rings. The SMILES string of the molecule is CC(C)(C)NS(=O)(=O)c1cccc(NC(=O)c2cc(C3CC34CCN(c3cc(C[SH](=O)=O)ccc3C(=O)Nc3cccc(S(=O)(=O)NC(C)(C)C)c3)CC4)c(C[SH](=O)=O)cc2N2CCC3(CC2)CC3)c1. The number of amides is 2. The van der Waals surface area contributed by atoms with Gasteiger partial charge in [0.05, 0.1) is 32.4 Å². The van der Waals surface area contributed by atoms with Gasteiger partial charge >= 0.3 is 0 Å². The minimum Gasteiger partial charge on any atom is -0.371 e. The van der Waals surface area contributed by atoms with Crippen molar-refractivity contribution in [2.45, 2.75) is 125 Å². The number of piperidine rings is 2. The number of carbonyl (C=O) groups is 2. The molecule has 2 amide bonds. The van der Waals surface area contributed by atoms with E-state index in [1.54, 1.807) is 77.9 Å². The lowest BCUT2D eigenvalue weighted by atomic mass is 9.86. The summed E-state index contributed by atoms with van der Waals surface area (Å²) < 4.78 is 107. The van der Waals surface area contributed by atoms with E-state index in [-0.39, 0.29) is 43.9 Å². The summed E-state index contributed by atoms with van der Waals surface area (Å²) in [4.78, 5) is 32.8. The quantitative estimate of drug-likeness (QED) is 0.0683. The first-order valence-corrected chi connectivity index (χ1v) is 29.4. The number of thiol groups is 2. The zero-order chi connectivity index (χ0) is 50.6. The Hall–Kier alpha value is -4.86. The van der Waals surface area contributed by atoms with E-state index in [2.05, 4.69) is 29.9 Å². The molecule has 378 valence electrons. The van der Waals surface area contributed by atoms with Crippen LogP contribution in [0.3, 0.4) is 0 Å². The number of hydrogen-bond acceptors (Lipinski definition) is 12. The van der Waals surface area contributed by atoms with Gasteiger partial charge in [-0.25, -0.2) is 43.1 Å². The van der Waals surface area contributed by atoms with E-state index < -0.39 is 64.3 Å². The molecule has 8 rings (SSSR count). The molecule has 2 aliphatic heterocycles. The Morgan fingerprint density at radius 1 is 0.600 bits per heavy atom. The Morgan fingerprint density at radius 2 is 1.09 bits per heavy atom. The summed E-state index contributed by atoms with van der Waals surface area (Å²) in [5.74, 6) is -1.45. The zero-order valence-corrected chi connectivity index (χ0v) is 43.9. The highest BCUT2D eigenvalue weighted by Gasteiger charge is 2.56. The Morgan fingerprint density at radius 3 is 1.57 bits per heavy atom. The first kappa shape index (κ1) is 51.5. The molecule has 2 heterocycles. The van der Waals surface area contributed by atoms with Gasteiger partial charge in [0, 0.05) is 60.0 Å². The standard InChI is InChI=1S/C50H64N6O10S4/c1-47(2,3)53-69(63,64)37-11-7-9-35(27-37)51-45(57)39-14-13-33(31-67(59)60)25-43(39)56-23-19-50(20-24-56)30-42(50)40-29-41(44(26-34(40)32-68(61)62)55-21-17-49(15-16-49)18-22-55)46(58)52-36-10-8-12-38(28-36)70(65,66)54-48(4,5)6/h7-14,25-29,42,53-54,67-68H,15-24,30-32H2,1-6H3,(H,51,57)(H,52,58). The molecule has 2 aliphatic carbocycles. The van der Waals surface area contributed by atoms with E-state index >= 15 is 0 Å². The van der Waals surface area contributed by atoms with Crippen molar-refractivity contribution < 1.29 is 43.3 Å². The zero-order valence-electron chi connectivity index (χ0n) is 40.5. The number of carbonyl (C=O) groups excluding carboxylic acids is 2. The van der Waals surface area contributed by atoms with E-state index in [0.29, 0.717) is 78.2 Å². The second-order valence-corrected chi connectivity index (χ2v) is 27.0. The minimum atomic E-state index is -3.91. The summed E-state index contributed by atoms with van der Waals surface area (Å²) in [6.45, 7) is 12.8. The average molecular weight is 1040 g/mol. The highest BCUT2D eigenvalue weighted by Crippen LogP contribution is 2.66. The van der Waals surface area contributed by atoms with Crippen molar-refractivity contribution in [3.05, 3.63) is 107 Å². The van der Waals surface area contributed by atoms with Gasteiger partial charge in [0.2, 0.25) is 20.0 Å². The van der Waals surface area contributed by atoms with Gasteiger partial charge in [-0.3, -0.25) is 9.59 Å². The van der Waals surface area contributed by atoms with Crippen molar-refractivity contribution in [2.24, 2.45) is 10.8 Å². The van der Waals surface area contributed by atoms with E-state index in [9.17, 15) is 43.3 Å². The molecule has 4 aromatic rings. The van der Waals surface area contributed by atoms with Crippen LogP contribution < -0.4 is 29.9 Å². The highest BCUT2D eigenvalue weighted by molar-refractivity contribution is 7.89. The van der Waals surface area contributed by atoms with Gasteiger partial charge in [-0.05, 0) is 181 Å². The van der Waals surface area contributed by atoms with Crippen LogP contribution in [-0.2, 0) is 53.0 Å². The van der Waals surface area contributed by atoms with Crippen LogP contribution in [0.15, 0.2) is 88.7 Å². The average Bonchev–Trinajstić information content (AvgIpc) is 4.18. The number of anilines is 4. The molecule has 20 heteroatoms. The van der Waals surface area contributed by atoms with Crippen LogP contribution in [0.2, 0.25) is 0 Å². The Balaban J connectivity index is 1.07. The van der Waals surface area contributed by atoms with Crippen LogP contribution in [0.4, 0.5) is 22.7 Å². The summed E-state index contributed by atoms with van der Waals surface area (Å²) in [6, 6.07) is 20.7. The smallest absolute Gasteiger partial charge is 0.257 e. The number of nitrogens with zero attached hydrogens (tertiary/aromatic N) is 2. The molecule has 4 aliphatic rings. The first-order chi connectivity index (χ1) is 32.7. The van der Waals surface area contributed by atoms with Gasteiger partial charge in [-0.15, -0.1) is 0 Å². The van der Waals surface area contributed by atoms with Gasteiger partial charge < -0.3 is 20.4 Å².